The van der Waals surface area contributed by atoms with Crippen LogP contribution in [0.5, 0.6) is 0 Å². The van der Waals surface area contributed by atoms with E-state index in [0.29, 0.717) is 62.4 Å². The highest BCUT2D eigenvalue weighted by atomic mass is 19.3. The maximum absolute atomic E-state index is 14.4. The number of alkyl halides is 2. The highest BCUT2D eigenvalue weighted by Gasteiger charge is 2.32. The number of amidine groups is 1. The lowest BCUT2D eigenvalue weighted by atomic mass is 9.92. The Hall–Kier alpha value is -3.76. The largest absolute Gasteiger partial charge is 0.385 e. The second kappa shape index (κ2) is 13.9. The Morgan fingerprint density at radius 2 is 1.86 bits per heavy atom. The first-order valence-corrected chi connectivity index (χ1v) is 16.0. The van der Waals surface area contributed by atoms with Crippen molar-refractivity contribution in [2.75, 3.05) is 37.6 Å². The van der Waals surface area contributed by atoms with Gasteiger partial charge in [-0.2, -0.15) is 5.10 Å². The molecule has 3 aliphatic heterocycles. The number of anilines is 1. The molecular formula is C33H45F2N7O2. The third-order valence-corrected chi connectivity index (χ3v) is 9.19. The molecule has 5 rings (SSSR count). The minimum Gasteiger partial charge on any atom is -0.385 e. The summed E-state index contributed by atoms with van der Waals surface area (Å²) in [5.74, 6) is 0.425. The molecule has 3 aliphatic rings. The maximum Gasteiger partial charge on any atom is 0.264 e. The van der Waals surface area contributed by atoms with Crippen LogP contribution in [0.15, 0.2) is 35.8 Å². The molecule has 0 saturated carbocycles. The van der Waals surface area contributed by atoms with Crippen molar-refractivity contribution in [3.05, 3.63) is 46.9 Å². The van der Waals surface area contributed by atoms with Crippen LogP contribution in [0, 0.1) is 5.41 Å². The maximum atomic E-state index is 14.4. The smallest absolute Gasteiger partial charge is 0.264 e. The zero-order valence-electron chi connectivity index (χ0n) is 26.2. The number of benzene rings is 1. The normalized spacial score (nSPS) is 17.7. The zero-order chi connectivity index (χ0) is 31.4. The SMILES string of the molecule is CCCCCC(=O)N1CCC(NC2=C(C(=N)N3CCCc4cc(-c5cnn(C)c5)c(C(F)F)cc43)CN(C(C)=O)CC2)CC1. The number of carbonyl (C=O) groups excluding carboxylic acids is 2. The number of piperidine rings is 1. The van der Waals surface area contributed by atoms with E-state index < -0.39 is 6.43 Å². The molecule has 0 radical (unpaired) electrons. The number of amides is 2. The van der Waals surface area contributed by atoms with Gasteiger partial charge in [-0.15, -0.1) is 0 Å². The summed E-state index contributed by atoms with van der Waals surface area (Å²) in [6.07, 6.45) is 8.11. The van der Waals surface area contributed by atoms with Gasteiger partial charge in [-0.25, -0.2) is 8.78 Å². The average molecular weight is 610 g/mol. The molecule has 11 heteroatoms. The third kappa shape index (κ3) is 6.97. The van der Waals surface area contributed by atoms with Crippen molar-refractivity contribution in [2.24, 2.45) is 7.05 Å². The summed E-state index contributed by atoms with van der Waals surface area (Å²) in [7, 11) is 1.76. The summed E-state index contributed by atoms with van der Waals surface area (Å²) >= 11 is 0. The van der Waals surface area contributed by atoms with Crippen LogP contribution in [0.4, 0.5) is 14.5 Å². The molecule has 238 valence electrons. The van der Waals surface area contributed by atoms with Crippen LogP contribution in [0.1, 0.15) is 82.8 Å². The van der Waals surface area contributed by atoms with E-state index in [1.165, 1.54) is 6.92 Å². The lowest BCUT2D eigenvalue weighted by Gasteiger charge is -2.39. The van der Waals surface area contributed by atoms with Gasteiger partial charge in [0.05, 0.1) is 12.7 Å². The van der Waals surface area contributed by atoms with Gasteiger partial charge in [-0.05, 0) is 55.4 Å². The number of nitrogens with zero attached hydrogens (tertiary/aromatic N) is 5. The number of likely N-dealkylation sites (tertiary alicyclic amines) is 1. The number of hydrogen-bond acceptors (Lipinski definition) is 5. The Kier molecular flexibility index (Phi) is 10.0. The predicted molar refractivity (Wildman–Crippen MR) is 168 cm³/mol. The first-order chi connectivity index (χ1) is 21.2. The molecule has 0 aliphatic carbocycles. The monoisotopic (exact) mass is 609 g/mol. The first kappa shape index (κ1) is 31.7. The van der Waals surface area contributed by atoms with Crippen LogP contribution in [-0.4, -0.2) is 76.0 Å². The fourth-order valence-electron chi connectivity index (χ4n) is 6.65. The summed E-state index contributed by atoms with van der Waals surface area (Å²) in [5.41, 5.74) is 4.26. The predicted octanol–water partition coefficient (Wildman–Crippen LogP) is 5.42. The highest BCUT2D eigenvalue weighted by molar-refractivity contribution is 6.09. The van der Waals surface area contributed by atoms with E-state index in [1.807, 2.05) is 15.9 Å². The lowest BCUT2D eigenvalue weighted by Crippen LogP contribution is -2.48. The summed E-state index contributed by atoms with van der Waals surface area (Å²) in [6.45, 7) is 6.48. The number of rotatable bonds is 9. The molecule has 0 unspecified atom stereocenters. The van der Waals surface area contributed by atoms with E-state index in [1.54, 1.807) is 35.1 Å². The Labute approximate surface area is 258 Å². The molecule has 1 saturated heterocycles. The fourth-order valence-corrected chi connectivity index (χ4v) is 6.65. The van der Waals surface area contributed by atoms with E-state index in [9.17, 15) is 23.8 Å². The van der Waals surface area contributed by atoms with E-state index in [4.69, 9.17) is 0 Å². The molecule has 1 aromatic heterocycles. The number of aromatic nitrogens is 2. The minimum atomic E-state index is -2.68. The van der Waals surface area contributed by atoms with Crippen LogP contribution < -0.4 is 10.2 Å². The Balaban J connectivity index is 1.39. The first-order valence-electron chi connectivity index (χ1n) is 16.0. The minimum absolute atomic E-state index is 0.0515. The van der Waals surface area contributed by atoms with Crippen LogP contribution in [0.25, 0.3) is 11.1 Å². The van der Waals surface area contributed by atoms with Gasteiger partial charge in [0.1, 0.15) is 5.84 Å². The molecule has 0 spiro atoms. The van der Waals surface area contributed by atoms with Gasteiger partial charge in [0.2, 0.25) is 11.8 Å². The zero-order valence-corrected chi connectivity index (χ0v) is 26.2. The Bertz CT molecular complexity index is 1410. The van der Waals surface area contributed by atoms with Crippen LogP contribution in [0.3, 0.4) is 0 Å². The molecule has 2 N–H and O–H groups in total. The van der Waals surface area contributed by atoms with Gasteiger partial charge in [0.25, 0.3) is 6.43 Å². The third-order valence-electron chi connectivity index (χ3n) is 9.19. The number of carbonyl (C=O) groups is 2. The van der Waals surface area contributed by atoms with Crippen molar-refractivity contribution in [1.82, 2.24) is 24.9 Å². The molecule has 9 nitrogen and oxygen atoms in total. The second-order valence-electron chi connectivity index (χ2n) is 12.3. The van der Waals surface area contributed by atoms with Crippen molar-refractivity contribution in [3.8, 4) is 11.1 Å². The Morgan fingerprint density at radius 3 is 2.52 bits per heavy atom. The molecule has 0 atom stereocenters. The second-order valence-corrected chi connectivity index (χ2v) is 12.3. The van der Waals surface area contributed by atoms with E-state index >= 15 is 0 Å². The van der Waals surface area contributed by atoms with Gasteiger partial charge in [0.15, 0.2) is 0 Å². The van der Waals surface area contributed by atoms with Gasteiger partial charge >= 0.3 is 0 Å². The summed E-state index contributed by atoms with van der Waals surface area (Å²) in [5, 5.41) is 17.3. The fraction of sp³-hybridized carbons (Fsp3) is 0.576. The Morgan fingerprint density at radius 1 is 1.09 bits per heavy atom. The molecule has 44 heavy (non-hydrogen) atoms. The highest BCUT2D eigenvalue weighted by Crippen LogP contribution is 2.39. The van der Waals surface area contributed by atoms with Gasteiger partial charge in [0, 0.05) is 93.3 Å². The molecule has 2 aromatic rings. The summed E-state index contributed by atoms with van der Waals surface area (Å²) < 4.78 is 30.4. The van der Waals surface area contributed by atoms with E-state index in [2.05, 4.69) is 17.3 Å². The standard InChI is InChI=1S/C33H45F2N7O2/c1-4-5-6-9-31(44)40-14-10-25(11-15-40)38-29-12-16-41(22(2)43)21-28(29)33(36)42-13-7-8-23-17-26(24-19-37-39(3)20-24)27(32(34)35)18-30(23)42/h17-20,25,32,36,38H,4-16,21H2,1-3H3. The average Bonchev–Trinajstić information content (AvgIpc) is 3.46. The number of fused-ring (bicyclic) bond motifs is 1. The summed E-state index contributed by atoms with van der Waals surface area (Å²) in [6, 6.07) is 3.54. The van der Waals surface area contributed by atoms with Crippen molar-refractivity contribution in [3.63, 3.8) is 0 Å². The van der Waals surface area contributed by atoms with Crippen molar-refractivity contribution in [2.45, 2.75) is 84.1 Å². The molecule has 0 bridgehead atoms. The van der Waals surface area contributed by atoms with Crippen molar-refractivity contribution >= 4 is 23.3 Å². The molecule has 4 heterocycles. The summed E-state index contributed by atoms with van der Waals surface area (Å²) in [4.78, 5) is 30.6. The van der Waals surface area contributed by atoms with Gasteiger partial charge < -0.3 is 20.0 Å². The number of aryl methyl sites for hydroxylation is 2. The van der Waals surface area contributed by atoms with E-state index in [0.717, 1.165) is 61.8 Å². The molecule has 2 amide bonds. The molecule has 1 fully saturated rings. The quantitative estimate of drug-likeness (QED) is 0.225. The number of halogens is 2. The van der Waals surface area contributed by atoms with Crippen molar-refractivity contribution in [1.29, 1.82) is 5.41 Å². The van der Waals surface area contributed by atoms with Crippen LogP contribution in [-0.2, 0) is 23.1 Å². The number of nitrogens with one attached hydrogen (secondary N) is 2. The van der Waals surface area contributed by atoms with E-state index in [-0.39, 0.29) is 29.3 Å². The van der Waals surface area contributed by atoms with Gasteiger partial charge in [-0.3, -0.25) is 19.7 Å². The number of unbranched alkanes of at least 4 members (excludes halogenated alkanes) is 2. The van der Waals surface area contributed by atoms with Gasteiger partial charge in [-0.1, -0.05) is 19.8 Å². The van der Waals surface area contributed by atoms with Crippen molar-refractivity contribution < 1.29 is 18.4 Å². The molecular weight excluding hydrogens is 564 g/mol. The van der Waals surface area contributed by atoms with Crippen LogP contribution >= 0.6 is 0 Å². The lowest BCUT2D eigenvalue weighted by molar-refractivity contribution is -0.132. The molecule has 1 aromatic carbocycles. The number of hydrogen-bond donors (Lipinski definition) is 2. The van der Waals surface area contributed by atoms with Crippen LogP contribution in [0.2, 0.25) is 0 Å². The topological polar surface area (TPSA) is 97.6 Å².